The van der Waals surface area contributed by atoms with Crippen LogP contribution in [-0.2, 0) is 11.3 Å². The number of rotatable bonds is 3. The van der Waals surface area contributed by atoms with Crippen molar-refractivity contribution >= 4 is 11.7 Å². The molecular formula is C7H10N4O3. The third-order valence-corrected chi connectivity index (χ3v) is 1.64. The zero-order valence-electron chi connectivity index (χ0n) is 7.85. The summed E-state index contributed by atoms with van der Waals surface area (Å²) >= 11 is 0. The normalized spacial score (nSPS) is 9.86. The van der Waals surface area contributed by atoms with Crippen LogP contribution in [0.2, 0.25) is 0 Å². The number of aromatic nitrogens is 2. The van der Waals surface area contributed by atoms with Crippen molar-refractivity contribution in [2.45, 2.75) is 13.5 Å². The molecule has 1 rings (SSSR count). The minimum absolute atomic E-state index is 0.138. The van der Waals surface area contributed by atoms with Gasteiger partial charge in [0.05, 0.1) is 11.8 Å². The van der Waals surface area contributed by atoms with Crippen LogP contribution in [0.15, 0.2) is 6.07 Å². The van der Waals surface area contributed by atoms with Crippen molar-refractivity contribution in [2.75, 3.05) is 7.05 Å². The predicted molar refractivity (Wildman–Crippen MR) is 47.7 cm³/mol. The van der Waals surface area contributed by atoms with E-state index in [1.165, 1.54) is 13.1 Å². The first kappa shape index (κ1) is 10.2. The first-order valence-corrected chi connectivity index (χ1v) is 3.94. The van der Waals surface area contributed by atoms with Crippen LogP contribution in [0.25, 0.3) is 0 Å². The lowest BCUT2D eigenvalue weighted by molar-refractivity contribution is -0.392. The molecule has 0 bridgehead atoms. The Kier molecular flexibility index (Phi) is 2.80. The van der Waals surface area contributed by atoms with E-state index in [1.54, 1.807) is 6.92 Å². The highest BCUT2D eigenvalue weighted by Crippen LogP contribution is 2.12. The Morgan fingerprint density at radius 1 is 1.79 bits per heavy atom. The van der Waals surface area contributed by atoms with Gasteiger partial charge in [-0.15, -0.1) is 4.68 Å². The molecule has 1 aromatic rings. The molecule has 1 aromatic heterocycles. The number of hydrogen-bond acceptors (Lipinski definition) is 4. The van der Waals surface area contributed by atoms with Gasteiger partial charge in [0.15, 0.2) is 6.54 Å². The summed E-state index contributed by atoms with van der Waals surface area (Å²) in [6, 6.07) is 1.32. The zero-order chi connectivity index (χ0) is 10.7. The second kappa shape index (κ2) is 3.86. The van der Waals surface area contributed by atoms with Crippen LogP contribution in [0.3, 0.4) is 0 Å². The molecule has 0 radical (unpaired) electrons. The van der Waals surface area contributed by atoms with Gasteiger partial charge in [-0.2, -0.15) is 0 Å². The van der Waals surface area contributed by atoms with E-state index in [9.17, 15) is 14.9 Å². The van der Waals surface area contributed by atoms with Gasteiger partial charge in [0.1, 0.15) is 0 Å². The van der Waals surface area contributed by atoms with Gasteiger partial charge < -0.3 is 15.4 Å². The standard InChI is InChI=1S/C7H10N4O3/c1-5-3-7(11(13)14)10(9-5)4-6(12)8-2/h3H,4H2,1-2H3,(H,8,12). The van der Waals surface area contributed by atoms with E-state index in [2.05, 4.69) is 10.4 Å². The molecule has 0 aliphatic rings. The summed E-state index contributed by atoms with van der Waals surface area (Å²) in [5, 5.41) is 16.7. The number of nitrogens with one attached hydrogen (secondary N) is 1. The van der Waals surface area contributed by atoms with Crippen LogP contribution in [-0.4, -0.2) is 27.7 Å². The van der Waals surface area contributed by atoms with E-state index in [0.717, 1.165) is 4.68 Å². The number of amides is 1. The SMILES string of the molecule is CNC(=O)Cn1nc(C)cc1[N+](=O)[O-]. The Bertz CT molecular complexity index is 371. The molecule has 1 amide bonds. The van der Waals surface area contributed by atoms with Gasteiger partial charge in [-0.05, 0) is 11.8 Å². The number of nitro groups is 1. The molecule has 1 heterocycles. The van der Waals surface area contributed by atoms with Crippen molar-refractivity contribution in [3.8, 4) is 0 Å². The van der Waals surface area contributed by atoms with E-state index in [0.29, 0.717) is 5.69 Å². The lowest BCUT2D eigenvalue weighted by Gasteiger charge is -1.97. The fraction of sp³-hybridized carbons (Fsp3) is 0.429. The number of likely N-dealkylation sites (N-methyl/N-ethyl adjacent to an activating group) is 1. The molecule has 76 valence electrons. The molecule has 0 fully saturated rings. The zero-order valence-corrected chi connectivity index (χ0v) is 7.85. The van der Waals surface area contributed by atoms with Crippen LogP contribution in [0.4, 0.5) is 5.82 Å². The number of carbonyl (C=O) groups is 1. The lowest BCUT2D eigenvalue weighted by atomic mass is 10.5. The van der Waals surface area contributed by atoms with Gasteiger partial charge in [0.25, 0.3) is 5.91 Å². The minimum atomic E-state index is -0.567. The molecule has 7 nitrogen and oxygen atoms in total. The maximum Gasteiger partial charge on any atom is 0.345 e. The van der Waals surface area contributed by atoms with Crippen LogP contribution >= 0.6 is 0 Å². The summed E-state index contributed by atoms with van der Waals surface area (Å²) in [5.74, 6) is -0.498. The highest BCUT2D eigenvalue weighted by molar-refractivity contribution is 5.75. The number of carbonyl (C=O) groups excluding carboxylic acids is 1. The Balaban J connectivity index is 2.95. The lowest BCUT2D eigenvalue weighted by Crippen LogP contribution is -2.24. The summed E-state index contributed by atoms with van der Waals surface area (Å²) in [6.07, 6.45) is 0. The molecule has 7 heteroatoms. The maximum atomic E-state index is 11.0. The van der Waals surface area contributed by atoms with Crippen molar-refractivity contribution in [3.63, 3.8) is 0 Å². The maximum absolute atomic E-state index is 11.0. The summed E-state index contributed by atoms with van der Waals surface area (Å²) in [4.78, 5) is 20.9. The molecule has 0 aliphatic carbocycles. The average Bonchev–Trinajstić information content (AvgIpc) is 2.46. The first-order chi connectivity index (χ1) is 6.54. The number of nitrogens with zero attached hydrogens (tertiary/aromatic N) is 3. The molecule has 0 aromatic carbocycles. The molecule has 0 saturated carbocycles. The molecule has 0 atom stereocenters. The second-order valence-corrected chi connectivity index (χ2v) is 2.73. The summed E-state index contributed by atoms with van der Waals surface area (Å²) in [5.41, 5.74) is 0.514. The van der Waals surface area contributed by atoms with Crippen LogP contribution < -0.4 is 5.32 Å². The summed E-state index contributed by atoms with van der Waals surface area (Å²) < 4.78 is 1.06. The smallest absolute Gasteiger partial charge is 0.345 e. The fourth-order valence-electron chi connectivity index (χ4n) is 1.01. The van der Waals surface area contributed by atoms with E-state index in [-0.39, 0.29) is 18.3 Å². The van der Waals surface area contributed by atoms with Gasteiger partial charge in [-0.3, -0.25) is 4.79 Å². The first-order valence-electron chi connectivity index (χ1n) is 3.94. The quantitative estimate of drug-likeness (QED) is 0.540. The molecule has 0 spiro atoms. The van der Waals surface area contributed by atoms with Crippen LogP contribution in [0.1, 0.15) is 5.69 Å². The van der Waals surface area contributed by atoms with E-state index in [4.69, 9.17) is 0 Å². The largest absolute Gasteiger partial charge is 0.358 e. The van der Waals surface area contributed by atoms with Crippen LogP contribution in [0.5, 0.6) is 0 Å². The fourth-order valence-corrected chi connectivity index (χ4v) is 1.01. The Morgan fingerprint density at radius 3 is 2.93 bits per heavy atom. The second-order valence-electron chi connectivity index (χ2n) is 2.73. The molecular weight excluding hydrogens is 188 g/mol. The molecule has 0 aliphatic heterocycles. The van der Waals surface area contributed by atoms with E-state index >= 15 is 0 Å². The van der Waals surface area contributed by atoms with Crippen molar-refractivity contribution in [1.82, 2.24) is 15.1 Å². The van der Waals surface area contributed by atoms with Gasteiger partial charge in [0.2, 0.25) is 0 Å². The Hall–Kier alpha value is -1.92. The van der Waals surface area contributed by atoms with Crippen molar-refractivity contribution in [1.29, 1.82) is 0 Å². The predicted octanol–water partition coefficient (Wildman–Crippen LogP) is -0.154. The minimum Gasteiger partial charge on any atom is -0.358 e. The molecule has 1 N–H and O–H groups in total. The van der Waals surface area contributed by atoms with Gasteiger partial charge >= 0.3 is 5.82 Å². The number of hydrogen-bond donors (Lipinski definition) is 1. The summed E-state index contributed by atoms with van der Waals surface area (Å²) in [7, 11) is 1.46. The number of aryl methyl sites for hydroxylation is 1. The molecule has 0 unspecified atom stereocenters. The van der Waals surface area contributed by atoms with Gasteiger partial charge in [-0.25, -0.2) is 0 Å². The molecule has 14 heavy (non-hydrogen) atoms. The highest BCUT2D eigenvalue weighted by atomic mass is 16.6. The van der Waals surface area contributed by atoms with Crippen molar-refractivity contribution in [3.05, 3.63) is 21.9 Å². The third kappa shape index (κ3) is 2.06. The van der Waals surface area contributed by atoms with E-state index < -0.39 is 4.92 Å². The Morgan fingerprint density at radius 2 is 2.43 bits per heavy atom. The van der Waals surface area contributed by atoms with Crippen molar-refractivity contribution in [2.24, 2.45) is 0 Å². The van der Waals surface area contributed by atoms with E-state index in [1.807, 2.05) is 0 Å². The monoisotopic (exact) mass is 198 g/mol. The topological polar surface area (TPSA) is 90.1 Å². The van der Waals surface area contributed by atoms with Crippen molar-refractivity contribution < 1.29 is 9.72 Å². The molecule has 0 saturated heterocycles. The summed E-state index contributed by atoms with van der Waals surface area (Å²) in [6.45, 7) is 1.49. The van der Waals surface area contributed by atoms with Crippen LogP contribution in [0, 0.1) is 17.0 Å². The van der Waals surface area contributed by atoms with Gasteiger partial charge in [-0.1, -0.05) is 5.10 Å². The van der Waals surface area contributed by atoms with Gasteiger partial charge in [0, 0.05) is 7.05 Å². The average molecular weight is 198 g/mol. The third-order valence-electron chi connectivity index (χ3n) is 1.64. The Labute approximate surface area is 79.9 Å². The highest BCUT2D eigenvalue weighted by Gasteiger charge is 2.18.